The monoisotopic (exact) mass is 330 g/mol. The average Bonchev–Trinajstić information content (AvgIpc) is 2.91. The summed E-state index contributed by atoms with van der Waals surface area (Å²) in [6.45, 7) is 5.94. The van der Waals surface area contributed by atoms with Crippen LogP contribution in [0, 0.1) is 6.92 Å². The molecule has 0 fully saturated rings. The van der Waals surface area contributed by atoms with E-state index in [1.807, 2.05) is 58.3 Å². The van der Waals surface area contributed by atoms with Gasteiger partial charge in [0.1, 0.15) is 5.75 Å². The van der Waals surface area contributed by atoms with Crippen LogP contribution in [0.1, 0.15) is 49.2 Å². The number of hydrogen-bond donors (Lipinski definition) is 2. The Morgan fingerprint density at radius 3 is 2.46 bits per heavy atom. The van der Waals surface area contributed by atoms with Crippen molar-refractivity contribution >= 4 is 6.03 Å². The summed E-state index contributed by atoms with van der Waals surface area (Å²) in [6.07, 6.45) is 2.74. The lowest BCUT2D eigenvalue weighted by molar-refractivity contribution is 0.233. The summed E-state index contributed by atoms with van der Waals surface area (Å²) >= 11 is 0. The fourth-order valence-corrected chi connectivity index (χ4v) is 2.77. The van der Waals surface area contributed by atoms with Gasteiger partial charge in [0.25, 0.3) is 0 Å². The maximum Gasteiger partial charge on any atom is 0.315 e. The van der Waals surface area contributed by atoms with Gasteiger partial charge in [0.05, 0.1) is 24.9 Å². The number of urea groups is 1. The van der Waals surface area contributed by atoms with Crippen LogP contribution in [-0.2, 0) is 7.05 Å². The number of carbonyl (C=O) groups excluding carboxylic acids is 1. The topological polar surface area (TPSA) is 68.2 Å². The minimum absolute atomic E-state index is 0.0434. The molecule has 24 heavy (non-hydrogen) atoms. The number of hydrogen-bond acceptors (Lipinski definition) is 3. The summed E-state index contributed by atoms with van der Waals surface area (Å²) in [5.41, 5.74) is 3.00. The van der Waals surface area contributed by atoms with Gasteiger partial charge in [0.15, 0.2) is 0 Å². The van der Waals surface area contributed by atoms with Gasteiger partial charge in [0, 0.05) is 18.8 Å². The molecule has 2 rings (SSSR count). The van der Waals surface area contributed by atoms with E-state index in [2.05, 4.69) is 15.7 Å². The fourth-order valence-electron chi connectivity index (χ4n) is 2.77. The lowest BCUT2D eigenvalue weighted by Crippen LogP contribution is -2.39. The minimum Gasteiger partial charge on any atom is -0.497 e. The standard InChI is InChI=1S/C18H26N4O2/c1-6-17(14-7-9-15(24-5)10-8-14)20-18(23)19-12(2)16-11-22(4)21-13(16)3/h7-12,17H,6H2,1-5H3,(H2,19,20,23). The van der Waals surface area contributed by atoms with Crippen LogP contribution in [0.5, 0.6) is 5.75 Å². The van der Waals surface area contributed by atoms with Gasteiger partial charge in [-0.25, -0.2) is 4.79 Å². The predicted octanol–water partition coefficient (Wildman–Crippen LogP) is 3.25. The molecule has 2 aromatic rings. The number of benzene rings is 1. The van der Waals surface area contributed by atoms with Crippen LogP contribution in [0.2, 0.25) is 0 Å². The Bertz CT molecular complexity index is 679. The molecule has 130 valence electrons. The molecule has 0 radical (unpaired) electrons. The number of aryl methyl sites for hydroxylation is 2. The van der Waals surface area contributed by atoms with E-state index in [4.69, 9.17) is 4.74 Å². The van der Waals surface area contributed by atoms with Gasteiger partial charge in [-0.2, -0.15) is 5.10 Å². The first-order valence-electron chi connectivity index (χ1n) is 8.15. The van der Waals surface area contributed by atoms with E-state index in [1.54, 1.807) is 11.8 Å². The summed E-state index contributed by atoms with van der Waals surface area (Å²) in [5, 5.41) is 10.3. The number of ether oxygens (including phenoxy) is 1. The molecule has 0 aliphatic rings. The van der Waals surface area contributed by atoms with Crippen LogP contribution in [0.25, 0.3) is 0 Å². The van der Waals surface area contributed by atoms with Gasteiger partial charge in [-0.1, -0.05) is 19.1 Å². The van der Waals surface area contributed by atoms with E-state index in [1.165, 1.54) is 0 Å². The molecule has 1 aromatic carbocycles. The van der Waals surface area contributed by atoms with E-state index in [0.29, 0.717) is 0 Å². The minimum atomic E-state index is -0.187. The lowest BCUT2D eigenvalue weighted by Gasteiger charge is -2.20. The third-order valence-corrected chi connectivity index (χ3v) is 4.10. The maximum atomic E-state index is 12.3. The molecule has 1 aromatic heterocycles. The zero-order valence-corrected chi connectivity index (χ0v) is 15.0. The summed E-state index contributed by atoms with van der Waals surface area (Å²) in [4.78, 5) is 12.3. The van der Waals surface area contributed by atoms with E-state index < -0.39 is 0 Å². The van der Waals surface area contributed by atoms with Crippen LogP contribution in [0.15, 0.2) is 30.5 Å². The van der Waals surface area contributed by atoms with Crippen LogP contribution in [-0.4, -0.2) is 22.9 Å². The van der Waals surface area contributed by atoms with Crippen LogP contribution in [0.3, 0.4) is 0 Å². The molecule has 0 spiro atoms. The highest BCUT2D eigenvalue weighted by Crippen LogP contribution is 2.20. The third-order valence-electron chi connectivity index (χ3n) is 4.10. The Hall–Kier alpha value is -2.50. The fraction of sp³-hybridized carbons (Fsp3) is 0.444. The van der Waals surface area contributed by atoms with Crippen molar-refractivity contribution in [3.63, 3.8) is 0 Å². The predicted molar refractivity (Wildman–Crippen MR) is 94.1 cm³/mol. The van der Waals surface area contributed by atoms with Crippen molar-refractivity contribution in [1.29, 1.82) is 0 Å². The summed E-state index contributed by atoms with van der Waals surface area (Å²) in [5.74, 6) is 0.804. The molecule has 2 amide bonds. The molecule has 0 bridgehead atoms. The maximum absolute atomic E-state index is 12.3. The highest BCUT2D eigenvalue weighted by atomic mass is 16.5. The van der Waals surface area contributed by atoms with Crippen molar-refractivity contribution in [3.05, 3.63) is 47.3 Å². The number of nitrogens with one attached hydrogen (secondary N) is 2. The van der Waals surface area contributed by atoms with Crippen molar-refractivity contribution in [2.45, 2.75) is 39.3 Å². The van der Waals surface area contributed by atoms with Gasteiger partial charge in [0.2, 0.25) is 0 Å². The van der Waals surface area contributed by atoms with Gasteiger partial charge >= 0.3 is 6.03 Å². The second-order valence-corrected chi connectivity index (χ2v) is 5.92. The highest BCUT2D eigenvalue weighted by Gasteiger charge is 2.17. The number of amides is 2. The molecular weight excluding hydrogens is 304 g/mol. The Kier molecular flexibility index (Phi) is 5.84. The molecule has 6 nitrogen and oxygen atoms in total. The number of methoxy groups -OCH3 is 1. The molecular formula is C18H26N4O2. The van der Waals surface area contributed by atoms with E-state index >= 15 is 0 Å². The van der Waals surface area contributed by atoms with Gasteiger partial charge in [-0.05, 0) is 38.0 Å². The number of nitrogens with zero attached hydrogens (tertiary/aromatic N) is 2. The van der Waals surface area contributed by atoms with Crippen molar-refractivity contribution in [1.82, 2.24) is 20.4 Å². The first kappa shape index (κ1) is 17.8. The Morgan fingerprint density at radius 1 is 1.29 bits per heavy atom. The van der Waals surface area contributed by atoms with Gasteiger partial charge in [-0.3, -0.25) is 4.68 Å². The second kappa shape index (κ2) is 7.86. The number of aromatic nitrogens is 2. The highest BCUT2D eigenvalue weighted by molar-refractivity contribution is 5.75. The summed E-state index contributed by atoms with van der Waals surface area (Å²) < 4.78 is 6.93. The van der Waals surface area contributed by atoms with E-state index in [0.717, 1.165) is 29.0 Å². The van der Waals surface area contributed by atoms with Gasteiger partial charge < -0.3 is 15.4 Å². The number of carbonyl (C=O) groups is 1. The Morgan fingerprint density at radius 2 is 1.96 bits per heavy atom. The number of rotatable bonds is 6. The molecule has 0 aliphatic heterocycles. The third kappa shape index (κ3) is 4.28. The second-order valence-electron chi connectivity index (χ2n) is 5.92. The molecule has 1 heterocycles. The van der Waals surface area contributed by atoms with Gasteiger partial charge in [-0.15, -0.1) is 0 Å². The largest absolute Gasteiger partial charge is 0.497 e. The Balaban J connectivity index is 1.99. The van der Waals surface area contributed by atoms with Crippen molar-refractivity contribution < 1.29 is 9.53 Å². The zero-order valence-electron chi connectivity index (χ0n) is 15.0. The molecule has 2 atom stereocenters. The molecule has 6 heteroatoms. The normalized spacial score (nSPS) is 13.2. The SMILES string of the molecule is CCC(NC(=O)NC(C)c1cn(C)nc1C)c1ccc(OC)cc1. The smallest absolute Gasteiger partial charge is 0.315 e. The lowest BCUT2D eigenvalue weighted by atomic mass is 10.0. The summed E-state index contributed by atoms with van der Waals surface area (Å²) in [7, 11) is 3.51. The summed E-state index contributed by atoms with van der Waals surface area (Å²) in [6, 6.07) is 7.42. The molecule has 0 saturated carbocycles. The Labute approximate surface area is 143 Å². The molecule has 0 saturated heterocycles. The first-order valence-corrected chi connectivity index (χ1v) is 8.15. The zero-order chi connectivity index (χ0) is 17.7. The van der Waals surface area contributed by atoms with Crippen LogP contribution >= 0.6 is 0 Å². The molecule has 0 aliphatic carbocycles. The van der Waals surface area contributed by atoms with Crippen molar-refractivity contribution in [3.8, 4) is 5.75 Å². The average molecular weight is 330 g/mol. The van der Waals surface area contributed by atoms with Crippen LogP contribution in [0.4, 0.5) is 4.79 Å². The molecule has 2 unspecified atom stereocenters. The first-order chi connectivity index (χ1) is 11.4. The van der Waals surface area contributed by atoms with Crippen LogP contribution < -0.4 is 15.4 Å². The van der Waals surface area contributed by atoms with E-state index in [9.17, 15) is 4.79 Å². The van der Waals surface area contributed by atoms with Crippen molar-refractivity contribution in [2.75, 3.05) is 7.11 Å². The van der Waals surface area contributed by atoms with Crippen molar-refractivity contribution in [2.24, 2.45) is 7.05 Å². The quantitative estimate of drug-likeness (QED) is 0.854. The molecule has 2 N–H and O–H groups in total. The van der Waals surface area contributed by atoms with E-state index in [-0.39, 0.29) is 18.1 Å².